The van der Waals surface area contributed by atoms with Gasteiger partial charge in [0.25, 0.3) is 0 Å². The molecule has 0 aromatic carbocycles. The zero-order valence-corrected chi connectivity index (χ0v) is 7.76. The van der Waals surface area contributed by atoms with Gasteiger partial charge in [-0.15, -0.1) is 0 Å². The maximum Gasteiger partial charge on any atom is 0.223 e. The van der Waals surface area contributed by atoms with Crippen LogP contribution < -0.4 is 5.73 Å². The third kappa shape index (κ3) is 2.14. The van der Waals surface area contributed by atoms with Gasteiger partial charge >= 0.3 is 0 Å². The van der Waals surface area contributed by atoms with Crippen molar-refractivity contribution in [3.8, 4) is 0 Å². The van der Waals surface area contributed by atoms with E-state index in [9.17, 15) is 4.79 Å². The van der Waals surface area contributed by atoms with Gasteiger partial charge in [-0.05, 0) is 12.3 Å². The monoisotopic (exact) mass is 269 g/mol. The molecule has 1 rings (SSSR count). The minimum absolute atomic E-state index is 0.186. The van der Waals surface area contributed by atoms with Crippen LogP contribution in [-0.4, -0.2) is 27.2 Å². The highest BCUT2D eigenvalue weighted by atomic mass is 127. The molecule has 3 unspecified atom stereocenters. The fourth-order valence-electron chi connectivity index (χ4n) is 0.784. The first-order valence-corrected chi connectivity index (χ1v) is 4.16. The van der Waals surface area contributed by atoms with Crippen LogP contribution in [0, 0.1) is 0 Å². The second-order valence-corrected chi connectivity index (χ2v) is 3.26. The summed E-state index contributed by atoms with van der Waals surface area (Å²) in [4.78, 5) is 10.6. The fourth-order valence-corrected chi connectivity index (χ4v) is 1.14. The first kappa shape index (κ1) is 8.95. The molecule has 62 valence electrons. The number of rotatable bonds is 3. The normalized spacial score (nSPS) is 32.2. The molecule has 5 heteroatoms. The van der Waals surface area contributed by atoms with Crippen LogP contribution in [0.3, 0.4) is 0 Å². The third-order valence-electron chi connectivity index (χ3n) is 1.41. The number of nitrogens with two attached hydrogens (primary N) is 1. The maximum absolute atomic E-state index is 10.6. The number of ether oxygens (including phenoxy) is 1. The minimum Gasteiger partial charge on any atom is -0.405 e. The van der Waals surface area contributed by atoms with E-state index in [1.807, 2.05) is 0 Å². The Morgan fingerprint density at radius 1 is 1.82 bits per heavy atom. The van der Waals surface area contributed by atoms with Gasteiger partial charge < -0.3 is 15.6 Å². The Kier molecular flexibility index (Phi) is 2.85. The standard InChI is InChI=1S/C6H8INO3/c7-6(10)4(9)5-3(11-5)1-2-8/h1-5,9H,8H2/b2-1+. The van der Waals surface area contributed by atoms with Gasteiger partial charge in [0.15, 0.2) is 6.10 Å². The van der Waals surface area contributed by atoms with Crippen LogP contribution in [0.4, 0.5) is 0 Å². The number of carbonyl (C=O) groups is 1. The number of hydrogen-bond donors (Lipinski definition) is 2. The molecule has 1 aliphatic heterocycles. The lowest BCUT2D eigenvalue weighted by molar-refractivity contribution is -0.117. The van der Waals surface area contributed by atoms with Crippen molar-refractivity contribution < 1.29 is 14.6 Å². The van der Waals surface area contributed by atoms with Gasteiger partial charge in [0, 0.05) is 22.6 Å². The Morgan fingerprint density at radius 3 is 2.91 bits per heavy atom. The highest BCUT2D eigenvalue weighted by molar-refractivity contribution is 14.1. The zero-order chi connectivity index (χ0) is 8.43. The van der Waals surface area contributed by atoms with E-state index in [4.69, 9.17) is 15.6 Å². The second kappa shape index (κ2) is 3.51. The number of carbonyl (C=O) groups excluding carboxylic acids is 1. The molecule has 0 radical (unpaired) electrons. The van der Waals surface area contributed by atoms with Crippen LogP contribution in [0.15, 0.2) is 12.3 Å². The summed E-state index contributed by atoms with van der Waals surface area (Å²) in [6.45, 7) is 0. The summed E-state index contributed by atoms with van der Waals surface area (Å²) in [5.74, 6) is 0. The summed E-state index contributed by atoms with van der Waals surface area (Å²) < 4.78 is 4.63. The molecule has 0 saturated carbocycles. The molecule has 0 aliphatic carbocycles. The predicted octanol–water partition coefficient (Wildman–Crippen LogP) is -0.451. The summed E-state index contributed by atoms with van der Waals surface area (Å²) >= 11 is 1.54. The highest BCUT2D eigenvalue weighted by Crippen LogP contribution is 2.27. The van der Waals surface area contributed by atoms with E-state index in [1.54, 1.807) is 6.08 Å². The molecule has 3 N–H and O–H groups in total. The topological polar surface area (TPSA) is 75.8 Å². The van der Waals surface area contributed by atoms with Crippen LogP contribution in [0.1, 0.15) is 0 Å². The molecule has 11 heavy (non-hydrogen) atoms. The molecule has 4 nitrogen and oxygen atoms in total. The minimum atomic E-state index is -1.02. The van der Waals surface area contributed by atoms with Gasteiger partial charge in [-0.1, -0.05) is 0 Å². The van der Waals surface area contributed by atoms with Gasteiger partial charge in [0.1, 0.15) is 12.2 Å². The van der Waals surface area contributed by atoms with E-state index in [-0.39, 0.29) is 16.0 Å². The SMILES string of the molecule is N/C=C/C1OC1C(O)C(=O)I. The van der Waals surface area contributed by atoms with Crippen LogP contribution in [0.25, 0.3) is 0 Å². The molecule has 0 amide bonds. The molecule has 1 heterocycles. The average Bonchev–Trinajstić information content (AvgIpc) is 2.67. The van der Waals surface area contributed by atoms with Crippen molar-refractivity contribution in [3.63, 3.8) is 0 Å². The first-order chi connectivity index (χ1) is 5.16. The van der Waals surface area contributed by atoms with Gasteiger partial charge in [-0.25, -0.2) is 0 Å². The Hall–Kier alpha value is -0.140. The molecule has 0 aromatic rings. The van der Waals surface area contributed by atoms with E-state index in [0.717, 1.165) is 0 Å². The van der Waals surface area contributed by atoms with Crippen LogP contribution in [0.5, 0.6) is 0 Å². The summed E-state index contributed by atoms with van der Waals surface area (Å²) in [7, 11) is 0. The van der Waals surface area contributed by atoms with Crippen molar-refractivity contribution in [3.05, 3.63) is 12.3 Å². The maximum atomic E-state index is 10.6. The fraction of sp³-hybridized carbons (Fsp3) is 0.500. The Morgan fingerprint density at radius 2 is 2.45 bits per heavy atom. The van der Waals surface area contributed by atoms with E-state index in [0.29, 0.717) is 0 Å². The van der Waals surface area contributed by atoms with Crippen LogP contribution >= 0.6 is 22.6 Å². The average molecular weight is 269 g/mol. The number of aliphatic hydroxyl groups excluding tert-OH is 1. The number of epoxide rings is 1. The lowest BCUT2D eigenvalue weighted by Gasteiger charge is -1.97. The van der Waals surface area contributed by atoms with Crippen LogP contribution in [-0.2, 0) is 9.53 Å². The summed E-state index contributed by atoms with van der Waals surface area (Å²) in [5.41, 5.74) is 5.08. The number of aliphatic hydroxyl groups is 1. The van der Waals surface area contributed by atoms with Crippen molar-refractivity contribution >= 4 is 26.4 Å². The largest absolute Gasteiger partial charge is 0.405 e. The van der Waals surface area contributed by atoms with E-state index in [2.05, 4.69) is 0 Å². The van der Waals surface area contributed by atoms with Crippen molar-refractivity contribution in [2.75, 3.05) is 0 Å². The second-order valence-electron chi connectivity index (χ2n) is 2.20. The zero-order valence-electron chi connectivity index (χ0n) is 5.61. The molecule has 1 fully saturated rings. The number of halogens is 1. The molecule has 1 aliphatic rings. The van der Waals surface area contributed by atoms with E-state index >= 15 is 0 Å². The summed E-state index contributed by atoms with van der Waals surface area (Å²) in [6, 6.07) is 0. The molecule has 0 bridgehead atoms. The van der Waals surface area contributed by atoms with Gasteiger partial charge in [0.05, 0.1) is 0 Å². The Bertz CT molecular complexity index is 194. The van der Waals surface area contributed by atoms with Gasteiger partial charge in [0.2, 0.25) is 3.79 Å². The summed E-state index contributed by atoms with van der Waals surface area (Å²) in [6.07, 6.45) is 1.35. The summed E-state index contributed by atoms with van der Waals surface area (Å²) in [5, 5.41) is 9.11. The predicted molar refractivity (Wildman–Crippen MR) is 47.0 cm³/mol. The molecular formula is C6H8INO3. The third-order valence-corrected chi connectivity index (χ3v) is 2.04. The Balaban J connectivity index is 2.37. The number of hydrogen-bond acceptors (Lipinski definition) is 4. The van der Waals surface area contributed by atoms with Crippen molar-refractivity contribution in [2.24, 2.45) is 5.73 Å². The Labute approximate surface area is 77.5 Å². The molecule has 0 aromatic heterocycles. The van der Waals surface area contributed by atoms with Gasteiger partial charge in [-0.3, -0.25) is 4.79 Å². The molecule has 0 spiro atoms. The lowest BCUT2D eigenvalue weighted by Crippen LogP contribution is -2.22. The molecular weight excluding hydrogens is 261 g/mol. The van der Waals surface area contributed by atoms with Gasteiger partial charge in [-0.2, -0.15) is 0 Å². The quantitative estimate of drug-likeness (QED) is 0.413. The van der Waals surface area contributed by atoms with E-state index < -0.39 is 6.10 Å². The molecule has 3 atom stereocenters. The molecule has 1 saturated heterocycles. The van der Waals surface area contributed by atoms with Crippen molar-refractivity contribution in [1.29, 1.82) is 0 Å². The first-order valence-electron chi connectivity index (χ1n) is 3.08. The highest BCUT2D eigenvalue weighted by Gasteiger charge is 2.44. The smallest absolute Gasteiger partial charge is 0.223 e. The van der Waals surface area contributed by atoms with Crippen LogP contribution in [0.2, 0.25) is 0 Å². The lowest BCUT2D eigenvalue weighted by atomic mass is 10.2. The van der Waals surface area contributed by atoms with Crippen molar-refractivity contribution in [2.45, 2.75) is 18.3 Å². The van der Waals surface area contributed by atoms with Crippen molar-refractivity contribution in [1.82, 2.24) is 0 Å². The van der Waals surface area contributed by atoms with E-state index in [1.165, 1.54) is 28.8 Å².